The summed E-state index contributed by atoms with van der Waals surface area (Å²) in [7, 11) is 0. The van der Waals surface area contributed by atoms with Crippen LogP contribution < -0.4 is 11.2 Å². The molecule has 1 saturated carbocycles. The first-order valence-corrected chi connectivity index (χ1v) is 11.0. The van der Waals surface area contributed by atoms with E-state index in [0.29, 0.717) is 23.2 Å². The first-order chi connectivity index (χ1) is 14.8. The summed E-state index contributed by atoms with van der Waals surface area (Å²) in [6, 6.07) is 2.89. The summed E-state index contributed by atoms with van der Waals surface area (Å²) in [5, 5.41) is 14.6. The first kappa shape index (κ1) is 21.5. The molecule has 0 spiro atoms. The van der Waals surface area contributed by atoms with Gasteiger partial charge in [0.25, 0.3) is 5.56 Å². The third-order valence-electron chi connectivity index (χ3n) is 6.56. The van der Waals surface area contributed by atoms with Crippen LogP contribution in [0.3, 0.4) is 0 Å². The summed E-state index contributed by atoms with van der Waals surface area (Å²) in [5.41, 5.74) is 0.183. The third-order valence-corrected chi connectivity index (χ3v) is 6.56. The molecule has 1 aliphatic carbocycles. The Bertz CT molecular complexity index is 1250. The van der Waals surface area contributed by atoms with Gasteiger partial charge in [0, 0.05) is 18.8 Å². The highest BCUT2D eigenvalue weighted by atomic mass is 19.1. The molecule has 8 heteroatoms. The monoisotopic (exact) mass is 428 g/mol. The number of benzene rings is 1. The minimum atomic E-state index is -0.691. The van der Waals surface area contributed by atoms with Crippen LogP contribution in [0.2, 0.25) is 0 Å². The summed E-state index contributed by atoms with van der Waals surface area (Å²) in [6.45, 7) is 7.87. The maximum Gasteiger partial charge on any atom is 0.350 e. The van der Waals surface area contributed by atoms with Crippen LogP contribution in [-0.4, -0.2) is 24.0 Å². The fourth-order valence-electron chi connectivity index (χ4n) is 4.83. The van der Waals surface area contributed by atoms with Crippen molar-refractivity contribution >= 4 is 10.8 Å². The van der Waals surface area contributed by atoms with E-state index in [2.05, 4.69) is 12.0 Å². The summed E-state index contributed by atoms with van der Waals surface area (Å²) in [5.74, 6) is -0.0272. The van der Waals surface area contributed by atoms with E-state index in [0.717, 1.165) is 29.5 Å². The lowest BCUT2D eigenvalue weighted by Gasteiger charge is -2.22. The standard InChI is InChI=1S/C23H29FN4O3/c1-5-26-21(12-29)25-28(23(26)31)20-10-15-16(9-18(20)24)22(30)27(11-17(15)13(2)3)19-8-6-7-14(19)4/h9-11,13-14,19,29H,5-8,12H2,1-4H3. The van der Waals surface area contributed by atoms with Crippen molar-refractivity contribution in [3.8, 4) is 5.69 Å². The molecule has 1 N–H and O–H groups in total. The van der Waals surface area contributed by atoms with Crippen LogP contribution in [0.25, 0.3) is 16.5 Å². The van der Waals surface area contributed by atoms with Gasteiger partial charge in [-0.05, 0) is 54.7 Å². The van der Waals surface area contributed by atoms with Crippen LogP contribution in [0.1, 0.15) is 70.3 Å². The molecule has 166 valence electrons. The van der Waals surface area contributed by atoms with Gasteiger partial charge < -0.3 is 9.67 Å². The maximum absolute atomic E-state index is 15.2. The normalized spacial score (nSPS) is 19.1. The number of hydrogen-bond acceptors (Lipinski definition) is 4. The molecule has 31 heavy (non-hydrogen) atoms. The molecule has 0 radical (unpaired) electrons. The molecule has 1 aliphatic rings. The van der Waals surface area contributed by atoms with Crippen molar-refractivity contribution in [3.05, 3.63) is 56.4 Å². The van der Waals surface area contributed by atoms with E-state index in [1.807, 2.05) is 20.0 Å². The second kappa shape index (κ2) is 8.07. The SMILES string of the molecule is CCn1c(CO)nn(-c2cc3c(C(C)C)cn(C4CCCC4C)c(=O)c3cc2F)c1=O. The van der Waals surface area contributed by atoms with Crippen molar-refractivity contribution in [1.29, 1.82) is 0 Å². The lowest BCUT2D eigenvalue weighted by Crippen LogP contribution is -2.28. The smallest absolute Gasteiger partial charge is 0.350 e. The van der Waals surface area contributed by atoms with E-state index in [-0.39, 0.29) is 29.0 Å². The lowest BCUT2D eigenvalue weighted by molar-refractivity contribution is 0.264. The molecule has 4 rings (SSSR count). The minimum absolute atomic E-state index is 0.0207. The Hall–Kier alpha value is -2.74. The summed E-state index contributed by atoms with van der Waals surface area (Å²) >= 11 is 0. The number of aliphatic hydroxyl groups excluding tert-OH is 1. The van der Waals surface area contributed by atoms with Crippen molar-refractivity contribution in [3.63, 3.8) is 0 Å². The fourth-order valence-corrected chi connectivity index (χ4v) is 4.83. The molecule has 7 nitrogen and oxygen atoms in total. The van der Waals surface area contributed by atoms with Crippen LogP contribution in [0.4, 0.5) is 4.39 Å². The fraction of sp³-hybridized carbons (Fsp3) is 0.522. The highest BCUT2D eigenvalue weighted by Crippen LogP contribution is 2.36. The van der Waals surface area contributed by atoms with Gasteiger partial charge in [-0.1, -0.05) is 27.2 Å². The van der Waals surface area contributed by atoms with Gasteiger partial charge >= 0.3 is 5.69 Å². The zero-order valence-electron chi connectivity index (χ0n) is 18.4. The van der Waals surface area contributed by atoms with E-state index in [9.17, 15) is 14.7 Å². The van der Waals surface area contributed by atoms with Crippen LogP contribution in [0.15, 0.2) is 27.9 Å². The lowest BCUT2D eigenvalue weighted by atomic mass is 9.96. The number of halogens is 1. The van der Waals surface area contributed by atoms with Gasteiger partial charge in [-0.25, -0.2) is 9.18 Å². The van der Waals surface area contributed by atoms with Crippen LogP contribution in [0, 0.1) is 11.7 Å². The highest BCUT2D eigenvalue weighted by Gasteiger charge is 2.28. The number of aliphatic hydroxyl groups is 1. The number of hydrogen-bond donors (Lipinski definition) is 1. The van der Waals surface area contributed by atoms with Crippen molar-refractivity contribution < 1.29 is 9.50 Å². The highest BCUT2D eigenvalue weighted by molar-refractivity contribution is 5.87. The second-order valence-corrected chi connectivity index (χ2v) is 8.79. The van der Waals surface area contributed by atoms with Crippen molar-refractivity contribution in [2.45, 2.75) is 72.1 Å². The number of rotatable bonds is 5. The summed E-state index contributed by atoms with van der Waals surface area (Å²) < 4.78 is 19.3. The third kappa shape index (κ3) is 3.43. The zero-order valence-corrected chi connectivity index (χ0v) is 18.4. The minimum Gasteiger partial charge on any atom is -0.388 e. The first-order valence-electron chi connectivity index (χ1n) is 11.0. The summed E-state index contributed by atoms with van der Waals surface area (Å²) in [4.78, 5) is 26.1. The van der Waals surface area contributed by atoms with Crippen molar-refractivity contribution in [2.75, 3.05) is 0 Å². The van der Waals surface area contributed by atoms with E-state index in [4.69, 9.17) is 0 Å². The Morgan fingerprint density at radius 1 is 1.23 bits per heavy atom. The molecular formula is C23H29FN4O3. The molecule has 0 amide bonds. The van der Waals surface area contributed by atoms with Gasteiger partial charge in [-0.2, -0.15) is 4.68 Å². The summed E-state index contributed by atoms with van der Waals surface area (Å²) in [6.07, 6.45) is 5.01. The topological polar surface area (TPSA) is 82.0 Å². The Morgan fingerprint density at radius 3 is 2.52 bits per heavy atom. The average molecular weight is 429 g/mol. The van der Waals surface area contributed by atoms with Crippen molar-refractivity contribution in [2.24, 2.45) is 5.92 Å². The van der Waals surface area contributed by atoms with Gasteiger partial charge in [0.1, 0.15) is 18.1 Å². The van der Waals surface area contributed by atoms with E-state index < -0.39 is 18.1 Å². The van der Waals surface area contributed by atoms with Gasteiger partial charge in [0.2, 0.25) is 0 Å². The quantitative estimate of drug-likeness (QED) is 0.675. The van der Waals surface area contributed by atoms with Gasteiger partial charge in [-0.15, -0.1) is 5.10 Å². The van der Waals surface area contributed by atoms with Gasteiger partial charge in [0.15, 0.2) is 5.82 Å². The molecule has 0 bridgehead atoms. The Labute approximate surface area is 179 Å². The molecule has 3 aromatic rings. The Kier molecular flexibility index (Phi) is 5.60. The zero-order chi connectivity index (χ0) is 22.4. The van der Waals surface area contributed by atoms with Crippen LogP contribution >= 0.6 is 0 Å². The number of pyridine rings is 1. The van der Waals surface area contributed by atoms with Crippen molar-refractivity contribution in [1.82, 2.24) is 18.9 Å². The maximum atomic E-state index is 15.2. The predicted molar refractivity (Wildman–Crippen MR) is 117 cm³/mol. The Balaban J connectivity index is 2.00. The molecule has 1 fully saturated rings. The molecule has 0 saturated heterocycles. The molecule has 0 aliphatic heterocycles. The van der Waals surface area contributed by atoms with E-state index in [1.165, 1.54) is 10.6 Å². The average Bonchev–Trinajstić information content (AvgIpc) is 3.30. The largest absolute Gasteiger partial charge is 0.388 e. The van der Waals surface area contributed by atoms with Gasteiger partial charge in [0.05, 0.1) is 5.39 Å². The van der Waals surface area contributed by atoms with Crippen LogP contribution in [0.5, 0.6) is 0 Å². The molecule has 1 aromatic carbocycles. The predicted octanol–water partition coefficient (Wildman–Crippen LogP) is 3.48. The Morgan fingerprint density at radius 2 is 1.97 bits per heavy atom. The molecule has 2 heterocycles. The second-order valence-electron chi connectivity index (χ2n) is 8.79. The number of nitrogens with zero attached hydrogens (tertiary/aromatic N) is 4. The molecule has 2 atom stereocenters. The van der Waals surface area contributed by atoms with Gasteiger partial charge in [-0.3, -0.25) is 9.36 Å². The van der Waals surface area contributed by atoms with Crippen LogP contribution in [-0.2, 0) is 13.2 Å². The molecule has 2 aromatic heterocycles. The van der Waals surface area contributed by atoms with E-state index >= 15 is 4.39 Å². The molecule has 2 unspecified atom stereocenters. The number of fused-ring (bicyclic) bond motifs is 1. The molecular weight excluding hydrogens is 399 g/mol. The van der Waals surface area contributed by atoms with E-state index in [1.54, 1.807) is 17.6 Å². The number of aromatic nitrogens is 4.